The molecule has 3 nitrogen and oxygen atoms in total. The highest BCUT2D eigenvalue weighted by molar-refractivity contribution is 7.09. The van der Waals surface area contributed by atoms with Crippen molar-refractivity contribution in [1.29, 1.82) is 0 Å². The van der Waals surface area contributed by atoms with E-state index in [0.717, 1.165) is 24.2 Å². The van der Waals surface area contributed by atoms with Gasteiger partial charge >= 0.3 is 0 Å². The van der Waals surface area contributed by atoms with Crippen LogP contribution >= 0.6 is 11.3 Å². The first-order valence-electron chi connectivity index (χ1n) is 8.18. The quantitative estimate of drug-likeness (QED) is 0.585. The van der Waals surface area contributed by atoms with Crippen LogP contribution in [0.1, 0.15) is 29.0 Å². The Balaban J connectivity index is 1.60. The first-order chi connectivity index (χ1) is 11.8. The predicted octanol–water partition coefficient (Wildman–Crippen LogP) is 4.89. The van der Waals surface area contributed by atoms with Crippen molar-refractivity contribution in [3.05, 3.63) is 82.4 Å². The maximum atomic E-state index is 12.7. The van der Waals surface area contributed by atoms with Gasteiger partial charge in [-0.25, -0.2) is 0 Å². The highest BCUT2D eigenvalue weighted by atomic mass is 32.1. The molecule has 0 radical (unpaired) electrons. The van der Waals surface area contributed by atoms with Gasteiger partial charge in [0.15, 0.2) is 0 Å². The third-order valence-corrected chi connectivity index (χ3v) is 4.83. The summed E-state index contributed by atoms with van der Waals surface area (Å²) in [5.41, 5.74) is 1.13. The fourth-order valence-electron chi connectivity index (χ4n) is 2.65. The number of rotatable bonds is 8. The van der Waals surface area contributed by atoms with Gasteiger partial charge in [-0.3, -0.25) is 4.79 Å². The minimum atomic E-state index is 0.173. The molecule has 0 unspecified atom stereocenters. The standard InChI is InChI=1S/C20H21NO2S/c22-20(12-4-10-19-11-6-14-24-19)21(16-18-9-5-13-23-18)15-17-7-2-1-3-8-17/h1-3,5-9,11,13-14H,4,10,12,15-16H2. The summed E-state index contributed by atoms with van der Waals surface area (Å²) in [7, 11) is 0. The Morgan fingerprint density at radius 2 is 1.88 bits per heavy atom. The molecular formula is C20H21NO2S. The lowest BCUT2D eigenvalue weighted by molar-refractivity contribution is -0.132. The van der Waals surface area contributed by atoms with E-state index in [1.54, 1.807) is 17.6 Å². The van der Waals surface area contributed by atoms with Crippen LogP contribution in [0.2, 0.25) is 0 Å². The van der Waals surface area contributed by atoms with E-state index in [9.17, 15) is 4.79 Å². The van der Waals surface area contributed by atoms with Crippen LogP contribution in [0.3, 0.4) is 0 Å². The van der Waals surface area contributed by atoms with Gasteiger partial charge in [-0.2, -0.15) is 0 Å². The number of benzene rings is 1. The molecule has 3 aromatic rings. The average molecular weight is 339 g/mol. The predicted molar refractivity (Wildman–Crippen MR) is 96.7 cm³/mol. The van der Waals surface area contributed by atoms with E-state index in [1.807, 2.05) is 47.4 Å². The number of hydrogen-bond donors (Lipinski definition) is 0. The molecule has 0 saturated heterocycles. The highest BCUT2D eigenvalue weighted by Gasteiger charge is 2.15. The fraction of sp³-hybridized carbons (Fsp3) is 0.250. The Hall–Kier alpha value is -2.33. The molecule has 0 spiro atoms. The maximum absolute atomic E-state index is 12.7. The topological polar surface area (TPSA) is 33.5 Å². The van der Waals surface area contributed by atoms with Crippen LogP contribution < -0.4 is 0 Å². The molecule has 0 saturated carbocycles. The number of aryl methyl sites for hydroxylation is 1. The van der Waals surface area contributed by atoms with E-state index in [1.165, 1.54) is 4.88 Å². The van der Waals surface area contributed by atoms with Crippen LogP contribution in [0.15, 0.2) is 70.7 Å². The van der Waals surface area contributed by atoms with Gasteiger partial charge in [-0.05, 0) is 42.0 Å². The molecule has 3 rings (SSSR count). The smallest absolute Gasteiger partial charge is 0.223 e. The second-order valence-corrected chi connectivity index (χ2v) is 6.78. The first kappa shape index (κ1) is 16.5. The number of carbonyl (C=O) groups is 1. The number of hydrogen-bond acceptors (Lipinski definition) is 3. The molecule has 124 valence electrons. The number of thiophene rings is 1. The minimum Gasteiger partial charge on any atom is -0.467 e. The minimum absolute atomic E-state index is 0.173. The molecule has 0 N–H and O–H groups in total. The van der Waals surface area contributed by atoms with Gasteiger partial charge in [0.2, 0.25) is 5.91 Å². The van der Waals surface area contributed by atoms with Gasteiger partial charge in [-0.15, -0.1) is 11.3 Å². The van der Waals surface area contributed by atoms with Gasteiger partial charge in [0.1, 0.15) is 5.76 Å². The second kappa shape index (κ2) is 8.50. The molecule has 1 amide bonds. The number of nitrogens with zero attached hydrogens (tertiary/aromatic N) is 1. The van der Waals surface area contributed by atoms with Gasteiger partial charge < -0.3 is 9.32 Å². The molecule has 0 bridgehead atoms. The normalized spacial score (nSPS) is 10.7. The number of furan rings is 1. The van der Waals surface area contributed by atoms with E-state index in [2.05, 4.69) is 17.5 Å². The summed E-state index contributed by atoms with van der Waals surface area (Å²) in [5, 5.41) is 2.08. The SMILES string of the molecule is O=C(CCCc1cccs1)N(Cc1ccccc1)Cc1ccco1. The molecule has 0 aliphatic rings. The molecule has 0 fully saturated rings. The molecular weight excluding hydrogens is 318 g/mol. The van der Waals surface area contributed by atoms with E-state index >= 15 is 0 Å². The fourth-order valence-corrected chi connectivity index (χ4v) is 3.40. The van der Waals surface area contributed by atoms with Gasteiger partial charge in [0.25, 0.3) is 0 Å². The summed E-state index contributed by atoms with van der Waals surface area (Å²) in [4.78, 5) is 15.9. The van der Waals surface area contributed by atoms with Crippen molar-refractivity contribution in [2.24, 2.45) is 0 Å². The van der Waals surface area contributed by atoms with Crippen molar-refractivity contribution in [3.8, 4) is 0 Å². The van der Waals surface area contributed by atoms with Gasteiger partial charge in [0, 0.05) is 17.8 Å². The van der Waals surface area contributed by atoms with Crippen molar-refractivity contribution >= 4 is 17.2 Å². The Kier molecular flexibility index (Phi) is 5.85. The second-order valence-electron chi connectivity index (χ2n) is 5.75. The Morgan fingerprint density at radius 3 is 2.58 bits per heavy atom. The average Bonchev–Trinajstić information content (AvgIpc) is 3.29. The van der Waals surface area contributed by atoms with Crippen molar-refractivity contribution < 1.29 is 9.21 Å². The largest absolute Gasteiger partial charge is 0.467 e. The molecule has 1 aromatic carbocycles. The molecule has 2 heterocycles. The van der Waals surface area contributed by atoms with Crippen LogP contribution in [0, 0.1) is 0 Å². The van der Waals surface area contributed by atoms with E-state index < -0.39 is 0 Å². The lowest BCUT2D eigenvalue weighted by atomic mass is 10.1. The lowest BCUT2D eigenvalue weighted by Crippen LogP contribution is -2.29. The van der Waals surface area contributed by atoms with Crippen LogP contribution in [-0.4, -0.2) is 10.8 Å². The number of carbonyl (C=O) groups excluding carboxylic acids is 1. The number of amides is 1. The molecule has 4 heteroatoms. The van der Waals surface area contributed by atoms with Crippen molar-refractivity contribution in [2.75, 3.05) is 0 Å². The summed E-state index contributed by atoms with van der Waals surface area (Å²) in [5.74, 6) is 0.990. The Bertz CT molecular complexity index is 720. The molecule has 0 aliphatic heterocycles. The highest BCUT2D eigenvalue weighted by Crippen LogP contribution is 2.15. The summed E-state index contributed by atoms with van der Waals surface area (Å²) in [6, 6.07) is 18.0. The van der Waals surface area contributed by atoms with Crippen LogP contribution in [-0.2, 0) is 24.3 Å². The van der Waals surface area contributed by atoms with Crippen LogP contribution in [0.4, 0.5) is 0 Å². The van der Waals surface area contributed by atoms with Crippen LogP contribution in [0.5, 0.6) is 0 Å². The van der Waals surface area contributed by atoms with Crippen molar-refractivity contribution in [3.63, 3.8) is 0 Å². The third kappa shape index (κ3) is 4.83. The lowest BCUT2D eigenvalue weighted by Gasteiger charge is -2.22. The molecule has 0 atom stereocenters. The zero-order valence-electron chi connectivity index (χ0n) is 13.6. The summed E-state index contributed by atoms with van der Waals surface area (Å²) in [6.45, 7) is 1.12. The zero-order chi connectivity index (χ0) is 16.6. The van der Waals surface area contributed by atoms with Crippen molar-refractivity contribution in [2.45, 2.75) is 32.4 Å². The van der Waals surface area contributed by atoms with Gasteiger partial charge in [-0.1, -0.05) is 36.4 Å². The monoisotopic (exact) mass is 339 g/mol. The van der Waals surface area contributed by atoms with Crippen LogP contribution in [0.25, 0.3) is 0 Å². The van der Waals surface area contributed by atoms with E-state index in [4.69, 9.17) is 4.42 Å². The Labute approximate surface area is 146 Å². The maximum Gasteiger partial charge on any atom is 0.223 e. The van der Waals surface area contributed by atoms with Crippen molar-refractivity contribution in [1.82, 2.24) is 4.90 Å². The summed E-state index contributed by atoms with van der Waals surface area (Å²) >= 11 is 1.75. The van der Waals surface area contributed by atoms with E-state index in [-0.39, 0.29) is 5.91 Å². The zero-order valence-corrected chi connectivity index (χ0v) is 14.4. The first-order valence-corrected chi connectivity index (χ1v) is 9.06. The summed E-state index contributed by atoms with van der Waals surface area (Å²) < 4.78 is 5.42. The Morgan fingerprint density at radius 1 is 1.00 bits per heavy atom. The summed E-state index contributed by atoms with van der Waals surface area (Å²) in [6.07, 6.45) is 4.05. The molecule has 2 aromatic heterocycles. The molecule has 24 heavy (non-hydrogen) atoms. The van der Waals surface area contributed by atoms with Gasteiger partial charge in [0.05, 0.1) is 12.8 Å². The van der Waals surface area contributed by atoms with E-state index in [0.29, 0.717) is 19.5 Å². The molecule has 0 aliphatic carbocycles. The third-order valence-electron chi connectivity index (χ3n) is 3.89.